The van der Waals surface area contributed by atoms with Crippen molar-refractivity contribution in [1.82, 2.24) is 14.5 Å². The molecular formula is C30H29N3O3. The Kier molecular flexibility index (Phi) is 6.18. The molecule has 2 heterocycles. The Morgan fingerprint density at radius 3 is 1.86 bits per heavy atom. The number of likely N-dealkylation sites (tertiary alicyclic amines) is 1. The van der Waals surface area contributed by atoms with E-state index in [0.29, 0.717) is 25.9 Å². The van der Waals surface area contributed by atoms with E-state index < -0.39 is 16.9 Å². The Labute approximate surface area is 210 Å². The largest absolute Gasteiger partial charge is 0.480 e. The van der Waals surface area contributed by atoms with Crippen LogP contribution in [0.5, 0.6) is 0 Å². The molecule has 1 aromatic heterocycles. The van der Waals surface area contributed by atoms with Gasteiger partial charge in [-0.15, -0.1) is 0 Å². The minimum atomic E-state index is -1.35. The topological polar surface area (TPSA) is 75.4 Å². The second-order valence-corrected chi connectivity index (χ2v) is 9.49. The van der Waals surface area contributed by atoms with Gasteiger partial charge >= 0.3 is 5.97 Å². The zero-order valence-electron chi connectivity index (χ0n) is 20.2. The SMILES string of the molecule is C[C@]1(C(=O)O)CCN(CCc2cncn2C(c2ccccc2)(c2ccccc2)c2ccccc2)C1=O. The molecule has 0 radical (unpaired) electrons. The fourth-order valence-corrected chi connectivity index (χ4v) is 5.34. The number of hydrogen-bond donors (Lipinski definition) is 1. The molecule has 1 N–H and O–H groups in total. The van der Waals surface area contributed by atoms with Crippen LogP contribution in [-0.4, -0.2) is 44.5 Å². The molecule has 3 aromatic carbocycles. The van der Waals surface area contributed by atoms with E-state index >= 15 is 0 Å². The maximum absolute atomic E-state index is 12.9. The number of aromatic nitrogens is 2. The van der Waals surface area contributed by atoms with Crippen LogP contribution in [0, 0.1) is 5.41 Å². The number of imidazole rings is 1. The number of benzene rings is 3. The van der Waals surface area contributed by atoms with Crippen molar-refractivity contribution in [3.63, 3.8) is 0 Å². The highest BCUT2D eigenvalue weighted by molar-refractivity contribution is 6.02. The number of carbonyl (C=O) groups is 2. The number of aliphatic carboxylic acids is 1. The number of nitrogens with zero attached hydrogens (tertiary/aromatic N) is 3. The van der Waals surface area contributed by atoms with Crippen LogP contribution < -0.4 is 0 Å². The van der Waals surface area contributed by atoms with Crippen molar-refractivity contribution in [2.45, 2.75) is 25.3 Å². The lowest BCUT2D eigenvalue weighted by molar-refractivity contribution is -0.154. The molecule has 0 saturated carbocycles. The summed E-state index contributed by atoms with van der Waals surface area (Å²) in [5, 5.41) is 9.58. The van der Waals surface area contributed by atoms with Gasteiger partial charge in [-0.1, -0.05) is 91.0 Å². The molecule has 4 aromatic rings. The number of hydrogen-bond acceptors (Lipinski definition) is 3. The third-order valence-electron chi connectivity index (χ3n) is 7.40. The molecule has 0 bridgehead atoms. The molecule has 36 heavy (non-hydrogen) atoms. The van der Waals surface area contributed by atoms with Crippen LogP contribution >= 0.6 is 0 Å². The lowest BCUT2D eigenvalue weighted by Gasteiger charge is -2.38. The van der Waals surface area contributed by atoms with Crippen molar-refractivity contribution in [1.29, 1.82) is 0 Å². The summed E-state index contributed by atoms with van der Waals surface area (Å²) in [5.74, 6) is -1.38. The van der Waals surface area contributed by atoms with Gasteiger partial charge in [-0.3, -0.25) is 9.59 Å². The summed E-state index contributed by atoms with van der Waals surface area (Å²) >= 11 is 0. The van der Waals surface area contributed by atoms with Crippen LogP contribution in [0.4, 0.5) is 0 Å². The maximum Gasteiger partial charge on any atom is 0.318 e. The van der Waals surface area contributed by atoms with Crippen molar-refractivity contribution < 1.29 is 14.7 Å². The molecule has 0 spiro atoms. The van der Waals surface area contributed by atoms with Gasteiger partial charge in [0.15, 0.2) is 0 Å². The van der Waals surface area contributed by atoms with E-state index in [4.69, 9.17) is 0 Å². The first-order valence-electron chi connectivity index (χ1n) is 12.2. The molecule has 1 amide bonds. The minimum Gasteiger partial charge on any atom is -0.480 e. The summed E-state index contributed by atoms with van der Waals surface area (Å²) in [4.78, 5) is 30.8. The smallest absolute Gasteiger partial charge is 0.318 e. The van der Waals surface area contributed by atoms with E-state index in [-0.39, 0.29) is 5.91 Å². The molecule has 1 aliphatic rings. The predicted molar refractivity (Wildman–Crippen MR) is 137 cm³/mol. The number of carbonyl (C=O) groups excluding carboxylic acids is 1. The molecule has 1 atom stereocenters. The Morgan fingerprint density at radius 1 is 0.917 bits per heavy atom. The van der Waals surface area contributed by atoms with Gasteiger partial charge in [0.2, 0.25) is 5.91 Å². The average molecular weight is 480 g/mol. The van der Waals surface area contributed by atoms with E-state index in [1.165, 1.54) is 6.92 Å². The third kappa shape index (κ3) is 3.79. The maximum atomic E-state index is 12.9. The van der Waals surface area contributed by atoms with Gasteiger partial charge in [0.1, 0.15) is 11.0 Å². The molecule has 6 heteroatoms. The van der Waals surface area contributed by atoms with Crippen LogP contribution in [0.15, 0.2) is 104 Å². The van der Waals surface area contributed by atoms with Gasteiger partial charge in [-0.2, -0.15) is 0 Å². The summed E-state index contributed by atoms with van der Waals surface area (Å²) in [7, 11) is 0. The zero-order valence-corrected chi connectivity index (χ0v) is 20.2. The highest BCUT2D eigenvalue weighted by atomic mass is 16.4. The normalized spacial score (nSPS) is 17.9. The Morgan fingerprint density at radius 2 is 1.42 bits per heavy atom. The highest BCUT2D eigenvalue weighted by Gasteiger charge is 2.49. The Hall–Kier alpha value is -4.19. The minimum absolute atomic E-state index is 0.318. The van der Waals surface area contributed by atoms with E-state index in [2.05, 4.69) is 45.9 Å². The Balaban J connectivity index is 1.61. The van der Waals surface area contributed by atoms with Gasteiger partial charge in [0, 0.05) is 31.4 Å². The fourth-order valence-electron chi connectivity index (χ4n) is 5.34. The molecule has 182 valence electrons. The van der Waals surface area contributed by atoms with Gasteiger partial charge in [0.05, 0.1) is 6.33 Å². The monoisotopic (exact) mass is 479 g/mol. The summed E-state index contributed by atoms with van der Waals surface area (Å²) in [6.07, 6.45) is 4.58. The number of amides is 1. The van der Waals surface area contributed by atoms with E-state index in [9.17, 15) is 14.7 Å². The second kappa shape index (κ2) is 9.46. The van der Waals surface area contributed by atoms with Gasteiger partial charge in [-0.25, -0.2) is 4.98 Å². The zero-order chi connectivity index (χ0) is 25.2. The molecule has 6 nitrogen and oxygen atoms in total. The summed E-state index contributed by atoms with van der Waals surface area (Å²) in [5.41, 5.74) is 2.22. The van der Waals surface area contributed by atoms with Crippen molar-refractivity contribution in [2.24, 2.45) is 5.41 Å². The quantitative estimate of drug-likeness (QED) is 0.296. The van der Waals surface area contributed by atoms with Crippen molar-refractivity contribution in [2.75, 3.05) is 13.1 Å². The first-order chi connectivity index (χ1) is 17.5. The molecule has 0 aliphatic carbocycles. The summed E-state index contributed by atoms with van der Waals surface area (Å²) < 4.78 is 2.20. The molecule has 0 unspecified atom stereocenters. The fraction of sp³-hybridized carbons (Fsp3) is 0.233. The van der Waals surface area contributed by atoms with Crippen molar-refractivity contribution >= 4 is 11.9 Å². The lowest BCUT2D eigenvalue weighted by atomic mass is 9.76. The van der Waals surface area contributed by atoms with Crippen LogP contribution in [0.3, 0.4) is 0 Å². The molecular weight excluding hydrogens is 450 g/mol. The van der Waals surface area contributed by atoms with Crippen LogP contribution in [-0.2, 0) is 21.5 Å². The van der Waals surface area contributed by atoms with Gasteiger partial charge in [0.25, 0.3) is 0 Å². The molecule has 1 aliphatic heterocycles. The standard InChI is InChI=1S/C30H29N3O3/c1-29(28(35)36)18-20-32(27(29)34)19-17-26-21-31-22-33(26)30(23-11-5-2-6-12-23,24-13-7-3-8-14-24)25-15-9-4-10-16-25/h2-16,21-22H,17-20H2,1H3,(H,35,36)/t29-/m0/s1. The van der Waals surface area contributed by atoms with Gasteiger partial charge < -0.3 is 14.6 Å². The highest BCUT2D eigenvalue weighted by Crippen LogP contribution is 2.41. The van der Waals surface area contributed by atoms with E-state index in [1.807, 2.05) is 67.1 Å². The van der Waals surface area contributed by atoms with Crippen LogP contribution in [0.25, 0.3) is 0 Å². The second-order valence-electron chi connectivity index (χ2n) is 9.49. The predicted octanol–water partition coefficient (Wildman–Crippen LogP) is 4.59. The summed E-state index contributed by atoms with van der Waals surface area (Å²) in [6, 6.07) is 31.1. The number of rotatable bonds is 8. The van der Waals surface area contributed by atoms with Crippen molar-refractivity contribution in [3.05, 3.63) is 126 Å². The Bertz CT molecular complexity index is 1260. The first kappa shape index (κ1) is 23.5. The molecule has 1 saturated heterocycles. The van der Waals surface area contributed by atoms with Crippen LogP contribution in [0.2, 0.25) is 0 Å². The third-order valence-corrected chi connectivity index (χ3v) is 7.40. The summed E-state index contributed by atoms with van der Waals surface area (Å²) in [6.45, 7) is 2.39. The van der Waals surface area contributed by atoms with E-state index in [1.54, 1.807) is 4.90 Å². The van der Waals surface area contributed by atoms with Gasteiger partial charge in [-0.05, 0) is 30.0 Å². The number of carboxylic acid groups (broad SMARTS) is 1. The lowest BCUT2D eigenvalue weighted by Crippen LogP contribution is -2.40. The number of carboxylic acids is 1. The molecule has 1 fully saturated rings. The average Bonchev–Trinajstić information content (AvgIpc) is 3.50. The van der Waals surface area contributed by atoms with Crippen molar-refractivity contribution in [3.8, 4) is 0 Å². The van der Waals surface area contributed by atoms with Crippen LogP contribution in [0.1, 0.15) is 35.7 Å². The molecule has 5 rings (SSSR count). The van der Waals surface area contributed by atoms with E-state index in [0.717, 1.165) is 22.4 Å². The first-order valence-corrected chi connectivity index (χ1v) is 12.2.